The Kier molecular flexibility index (Phi) is 9.03. The van der Waals surface area contributed by atoms with E-state index in [9.17, 15) is 14.7 Å². The zero-order valence-electron chi connectivity index (χ0n) is 30.8. The van der Waals surface area contributed by atoms with E-state index in [1.165, 1.54) is 5.19 Å². The molecule has 4 aromatic rings. The summed E-state index contributed by atoms with van der Waals surface area (Å²) >= 11 is 0. The molecule has 274 valence electrons. The number of hydrogen-bond acceptors (Lipinski definition) is 6. The molecule has 1 N–H and O–H groups in total. The average Bonchev–Trinajstić information content (AvgIpc) is 3.85. The standard InChI is InChI=1S/C43H47N3O6Si/c1-28-41(53(3,4)34-20-18-33(51-2)19-21-34)38(26-40(49)44-24-10-14-32(44)27-47)52-43(28)35-25-31(45-36-15-9-8-11-29(36)16-23-39(45)48)17-22-37(35)46(42(43)50)30-12-6-5-7-13-30/h5-9,11-13,15,17-22,25,28,32,38,41,47H,10,14,16,23-24,26-27H2,1-4H3/t28-,32-,38+,41-,43+/m0/s1. The Bertz CT molecular complexity index is 2050. The van der Waals surface area contributed by atoms with Gasteiger partial charge in [0.05, 0.1) is 51.7 Å². The maximum atomic E-state index is 15.4. The van der Waals surface area contributed by atoms with E-state index in [-0.39, 0.29) is 48.3 Å². The molecule has 3 amide bonds. The Morgan fingerprint density at radius 1 is 0.906 bits per heavy atom. The van der Waals surface area contributed by atoms with Gasteiger partial charge in [0.25, 0.3) is 5.91 Å². The Hall–Kier alpha value is -4.77. The van der Waals surface area contributed by atoms with Gasteiger partial charge in [0.1, 0.15) is 5.75 Å². The first-order chi connectivity index (χ1) is 25.6. The third-order valence-electron chi connectivity index (χ3n) is 12.4. The molecule has 4 aliphatic rings. The van der Waals surface area contributed by atoms with E-state index in [2.05, 4.69) is 38.2 Å². The molecule has 53 heavy (non-hydrogen) atoms. The number of aliphatic hydroxyl groups excluding tert-OH is 1. The summed E-state index contributed by atoms with van der Waals surface area (Å²) in [5, 5.41) is 11.3. The van der Waals surface area contributed by atoms with Gasteiger partial charge in [0.15, 0.2) is 5.60 Å². The van der Waals surface area contributed by atoms with Gasteiger partial charge < -0.3 is 19.5 Å². The molecule has 0 aromatic heterocycles. The molecular weight excluding hydrogens is 683 g/mol. The van der Waals surface area contributed by atoms with Crippen LogP contribution in [0.1, 0.15) is 43.7 Å². The van der Waals surface area contributed by atoms with E-state index < -0.39 is 19.8 Å². The number of rotatable bonds is 8. The van der Waals surface area contributed by atoms with Crippen molar-refractivity contribution in [1.82, 2.24) is 4.90 Å². The fourth-order valence-electron chi connectivity index (χ4n) is 9.75. The molecule has 5 atom stereocenters. The van der Waals surface area contributed by atoms with Gasteiger partial charge in [-0.1, -0.05) is 73.7 Å². The largest absolute Gasteiger partial charge is 0.497 e. The number of aryl methyl sites for hydroxylation is 1. The number of methoxy groups -OCH3 is 1. The molecule has 2 fully saturated rings. The van der Waals surface area contributed by atoms with Crippen molar-refractivity contribution >= 4 is 53.7 Å². The van der Waals surface area contributed by atoms with E-state index in [1.54, 1.807) is 21.8 Å². The zero-order valence-corrected chi connectivity index (χ0v) is 31.8. The van der Waals surface area contributed by atoms with Crippen molar-refractivity contribution in [3.8, 4) is 5.75 Å². The van der Waals surface area contributed by atoms with Crippen molar-refractivity contribution in [3.63, 3.8) is 0 Å². The highest BCUT2D eigenvalue weighted by atomic mass is 28.3. The third kappa shape index (κ3) is 5.61. The first kappa shape index (κ1) is 35.3. The number of benzene rings is 4. The van der Waals surface area contributed by atoms with Gasteiger partial charge in [-0.05, 0) is 78.9 Å². The highest BCUT2D eigenvalue weighted by molar-refractivity contribution is 6.91. The number of carbonyl (C=O) groups excluding carboxylic acids is 3. The summed E-state index contributed by atoms with van der Waals surface area (Å²) in [6.45, 7) is 7.24. The van der Waals surface area contributed by atoms with Crippen LogP contribution in [0.4, 0.5) is 22.7 Å². The summed E-state index contributed by atoms with van der Waals surface area (Å²) < 4.78 is 12.8. The fourth-order valence-corrected chi connectivity index (χ4v) is 13.8. The summed E-state index contributed by atoms with van der Waals surface area (Å²) in [6, 6.07) is 31.4. The first-order valence-corrected chi connectivity index (χ1v) is 21.9. The highest BCUT2D eigenvalue weighted by Crippen LogP contribution is 2.61. The first-order valence-electron chi connectivity index (χ1n) is 18.8. The lowest BCUT2D eigenvalue weighted by molar-refractivity contribution is -0.149. The van der Waals surface area contributed by atoms with E-state index in [0.717, 1.165) is 35.5 Å². The molecule has 4 aromatic carbocycles. The van der Waals surface area contributed by atoms with Crippen molar-refractivity contribution in [2.75, 3.05) is 30.1 Å². The number of aliphatic hydroxyl groups is 1. The summed E-state index contributed by atoms with van der Waals surface area (Å²) in [6.07, 6.45) is 2.21. The van der Waals surface area contributed by atoms with Gasteiger partial charge in [-0.25, -0.2) is 0 Å². The average molecular weight is 730 g/mol. The second kappa shape index (κ2) is 13.6. The van der Waals surface area contributed by atoms with Crippen LogP contribution in [0.3, 0.4) is 0 Å². The zero-order chi connectivity index (χ0) is 37.1. The topological polar surface area (TPSA) is 99.6 Å². The Balaban J connectivity index is 1.29. The van der Waals surface area contributed by atoms with Gasteiger partial charge in [0, 0.05) is 35.8 Å². The monoisotopic (exact) mass is 729 g/mol. The smallest absolute Gasteiger partial charge is 0.268 e. The number of anilines is 4. The number of nitrogens with zero attached hydrogens (tertiary/aromatic N) is 3. The lowest BCUT2D eigenvalue weighted by Gasteiger charge is -2.37. The molecule has 0 unspecified atom stereocenters. The molecule has 1 spiro atoms. The second-order valence-electron chi connectivity index (χ2n) is 15.5. The third-order valence-corrected chi connectivity index (χ3v) is 16.7. The van der Waals surface area contributed by atoms with Crippen molar-refractivity contribution < 1.29 is 29.0 Å². The number of likely N-dealkylation sites (tertiary alicyclic amines) is 1. The molecule has 2 saturated heterocycles. The minimum Gasteiger partial charge on any atom is -0.497 e. The summed E-state index contributed by atoms with van der Waals surface area (Å²) in [5.74, 6) is 0.177. The van der Waals surface area contributed by atoms with Crippen LogP contribution >= 0.6 is 0 Å². The summed E-state index contributed by atoms with van der Waals surface area (Å²) in [7, 11) is -0.873. The maximum absolute atomic E-state index is 15.4. The fraction of sp³-hybridized carbons (Fsp3) is 0.372. The number of hydrogen-bond donors (Lipinski definition) is 1. The molecule has 9 nitrogen and oxygen atoms in total. The van der Waals surface area contributed by atoms with Gasteiger partial charge in [-0.15, -0.1) is 0 Å². The molecular formula is C43H47N3O6Si. The molecule has 8 rings (SSSR count). The van der Waals surface area contributed by atoms with Gasteiger partial charge >= 0.3 is 0 Å². The second-order valence-corrected chi connectivity index (χ2v) is 20.1. The van der Waals surface area contributed by atoms with Crippen molar-refractivity contribution in [3.05, 3.63) is 108 Å². The van der Waals surface area contributed by atoms with Crippen LogP contribution in [0.15, 0.2) is 97.1 Å². The van der Waals surface area contributed by atoms with Crippen molar-refractivity contribution in [2.24, 2.45) is 5.92 Å². The van der Waals surface area contributed by atoms with Gasteiger partial charge in [0.2, 0.25) is 11.8 Å². The highest BCUT2D eigenvalue weighted by Gasteiger charge is 2.67. The minimum absolute atomic E-state index is 0.000717. The molecule has 4 aliphatic heterocycles. The Labute approximate surface area is 312 Å². The summed E-state index contributed by atoms with van der Waals surface area (Å²) in [5.41, 5.74) is 3.21. The van der Waals surface area contributed by atoms with Gasteiger partial charge in [-0.3, -0.25) is 24.2 Å². The summed E-state index contributed by atoms with van der Waals surface area (Å²) in [4.78, 5) is 48.6. The van der Waals surface area contributed by atoms with Crippen molar-refractivity contribution in [1.29, 1.82) is 0 Å². The van der Waals surface area contributed by atoms with E-state index in [4.69, 9.17) is 9.47 Å². The lowest BCUT2D eigenvalue weighted by atomic mass is 9.82. The van der Waals surface area contributed by atoms with Crippen LogP contribution in [0.25, 0.3) is 0 Å². The number of carbonyl (C=O) groups is 3. The van der Waals surface area contributed by atoms with Crippen LogP contribution in [0.2, 0.25) is 18.6 Å². The van der Waals surface area contributed by atoms with Gasteiger partial charge in [-0.2, -0.15) is 0 Å². The number of amides is 3. The van der Waals surface area contributed by atoms with Crippen LogP contribution in [0, 0.1) is 5.92 Å². The maximum Gasteiger partial charge on any atom is 0.268 e. The lowest BCUT2D eigenvalue weighted by Crippen LogP contribution is -2.52. The van der Waals surface area contributed by atoms with E-state index in [0.29, 0.717) is 36.3 Å². The number of para-hydroxylation sites is 2. The normalized spacial score (nSPS) is 25.3. The van der Waals surface area contributed by atoms with Crippen LogP contribution < -0.4 is 19.7 Å². The van der Waals surface area contributed by atoms with Crippen molar-refractivity contribution in [2.45, 2.75) is 75.4 Å². The molecule has 10 heteroatoms. The van der Waals surface area contributed by atoms with E-state index >= 15 is 4.79 Å². The predicted molar refractivity (Wildman–Crippen MR) is 208 cm³/mol. The van der Waals surface area contributed by atoms with Crippen LogP contribution in [0.5, 0.6) is 5.75 Å². The van der Waals surface area contributed by atoms with E-state index in [1.807, 2.05) is 78.9 Å². The molecule has 0 bridgehead atoms. The molecule has 0 aliphatic carbocycles. The number of ether oxygens (including phenoxy) is 2. The molecule has 0 radical (unpaired) electrons. The number of fused-ring (bicyclic) bond motifs is 3. The minimum atomic E-state index is -2.53. The predicted octanol–water partition coefficient (Wildman–Crippen LogP) is 6.57. The van der Waals surface area contributed by atoms with Crippen LogP contribution in [-0.2, 0) is 31.1 Å². The SMILES string of the molecule is COc1ccc([Si](C)(C)[C@@H]2[C@@H](CC(=O)N3CCC[C@H]3CO)O[C@]3(C(=O)N(c4ccccc4)c4ccc(N5C(=O)CCc6ccccc65)cc43)[C@H]2C)cc1. The Morgan fingerprint density at radius 2 is 1.64 bits per heavy atom. The van der Waals surface area contributed by atoms with Crippen LogP contribution in [-0.4, -0.2) is 68.2 Å². The quantitative estimate of drug-likeness (QED) is 0.206. The molecule has 0 saturated carbocycles. The molecule has 4 heterocycles. The Morgan fingerprint density at radius 3 is 2.38 bits per heavy atom.